The van der Waals surface area contributed by atoms with E-state index in [0.29, 0.717) is 23.2 Å². The van der Waals surface area contributed by atoms with Gasteiger partial charge in [0.05, 0.1) is 15.0 Å². The van der Waals surface area contributed by atoms with Gasteiger partial charge in [-0.05, 0) is 36.4 Å². The van der Waals surface area contributed by atoms with E-state index in [1.807, 2.05) is 0 Å². The van der Waals surface area contributed by atoms with Crippen LogP contribution in [0.1, 0.15) is 0 Å². The van der Waals surface area contributed by atoms with Gasteiger partial charge in [-0.2, -0.15) is 4.31 Å². The van der Waals surface area contributed by atoms with Crippen LogP contribution in [-0.2, 0) is 19.9 Å². The average Bonchev–Trinajstić information content (AvgIpc) is 2.44. The normalized spacial score (nSPS) is 16.6. The summed E-state index contributed by atoms with van der Waals surface area (Å²) in [5, 5.41) is -0.549. The largest absolute Gasteiger partial charge is 0.243 e. The molecule has 0 amide bonds. The molecule has 1 aliphatic heterocycles. The van der Waals surface area contributed by atoms with Crippen LogP contribution >= 0.6 is 11.6 Å². The van der Waals surface area contributed by atoms with Gasteiger partial charge in [-0.1, -0.05) is 11.6 Å². The lowest BCUT2D eigenvalue weighted by atomic mass is 10.3. The Hall–Kier alpha value is -1.55. The van der Waals surface area contributed by atoms with Crippen LogP contribution in [0.15, 0.2) is 52.3 Å². The van der Waals surface area contributed by atoms with E-state index in [2.05, 4.69) is 0 Å². The van der Waals surface area contributed by atoms with E-state index >= 15 is 0 Å². The molecule has 0 bridgehead atoms. The molecule has 2 aromatic rings. The summed E-state index contributed by atoms with van der Waals surface area (Å²) >= 11 is 5.72. The maximum absolute atomic E-state index is 13.2. The van der Waals surface area contributed by atoms with Crippen molar-refractivity contribution in [1.82, 2.24) is 4.31 Å². The second-order valence-corrected chi connectivity index (χ2v) is 10.2. The number of sulfonamides is 1. The third-order valence-corrected chi connectivity index (χ3v) is 8.04. The summed E-state index contributed by atoms with van der Waals surface area (Å²) in [4.78, 5) is -0.511. The van der Waals surface area contributed by atoms with E-state index < -0.39 is 41.6 Å². The van der Waals surface area contributed by atoms with Gasteiger partial charge in [0.2, 0.25) is 10.0 Å². The molecule has 10 heteroatoms. The molecule has 0 spiro atoms. The summed E-state index contributed by atoms with van der Waals surface area (Å²) in [7, 11) is -7.89. The van der Waals surface area contributed by atoms with E-state index in [0.717, 1.165) is 4.31 Å². The van der Waals surface area contributed by atoms with Gasteiger partial charge in [-0.3, -0.25) is 0 Å². The number of hydrogen-bond donors (Lipinski definition) is 0. The molecule has 25 heavy (non-hydrogen) atoms. The maximum atomic E-state index is 13.2. The highest BCUT2D eigenvalue weighted by Gasteiger charge is 2.44. The summed E-state index contributed by atoms with van der Waals surface area (Å²) in [6.45, 7) is -0.573. The molecule has 1 heterocycles. The van der Waals surface area contributed by atoms with Crippen LogP contribution in [0.4, 0.5) is 8.78 Å². The predicted octanol–water partition coefficient (Wildman–Crippen LogP) is 2.47. The molecular formula is C15H12ClF2NO4S2. The third kappa shape index (κ3) is 3.41. The molecule has 0 unspecified atom stereocenters. The van der Waals surface area contributed by atoms with Crippen molar-refractivity contribution in [2.45, 2.75) is 15.0 Å². The Bertz CT molecular complexity index is 998. The Morgan fingerprint density at radius 2 is 1.40 bits per heavy atom. The monoisotopic (exact) mass is 407 g/mol. The minimum atomic E-state index is -4.16. The van der Waals surface area contributed by atoms with Crippen LogP contribution in [0.3, 0.4) is 0 Å². The number of nitrogens with zero attached hydrogens (tertiary/aromatic N) is 1. The van der Waals surface area contributed by atoms with Crippen LogP contribution in [0, 0.1) is 11.6 Å². The van der Waals surface area contributed by atoms with Crippen LogP contribution in [0.25, 0.3) is 0 Å². The molecule has 5 nitrogen and oxygen atoms in total. The first kappa shape index (κ1) is 18.2. The summed E-state index contributed by atoms with van der Waals surface area (Å²) in [6, 6.07) is 7.49. The molecule has 0 radical (unpaired) electrons. The first-order valence-electron chi connectivity index (χ1n) is 7.06. The fourth-order valence-electron chi connectivity index (χ4n) is 2.44. The molecule has 3 rings (SSSR count). The van der Waals surface area contributed by atoms with E-state index in [4.69, 9.17) is 11.6 Å². The molecule has 0 saturated carbocycles. The smallest absolute Gasteiger partial charge is 0.223 e. The Labute approximate surface area is 148 Å². The lowest BCUT2D eigenvalue weighted by molar-refractivity contribution is 0.309. The number of halogens is 3. The van der Waals surface area contributed by atoms with Crippen molar-refractivity contribution in [3.63, 3.8) is 0 Å². The SMILES string of the molecule is O=S(=O)(c1ccc(Cl)cc1)C1CN(S(=O)(=O)c2cc(F)cc(F)c2)C1. The molecule has 0 N–H and O–H groups in total. The van der Waals surface area contributed by atoms with Crippen LogP contribution < -0.4 is 0 Å². The number of benzene rings is 2. The second-order valence-electron chi connectivity index (χ2n) is 5.55. The first-order chi connectivity index (χ1) is 11.6. The Morgan fingerprint density at radius 1 is 0.880 bits per heavy atom. The van der Waals surface area contributed by atoms with Crippen molar-refractivity contribution in [2.75, 3.05) is 13.1 Å². The molecule has 1 fully saturated rings. The summed E-state index contributed by atoms with van der Waals surface area (Å²) < 4.78 is 77.0. The van der Waals surface area contributed by atoms with Gasteiger partial charge < -0.3 is 0 Å². The molecule has 0 aromatic heterocycles. The Balaban J connectivity index is 1.80. The zero-order valence-corrected chi connectivity index (χ0v) is 15.0. The molecule has 0 aliphatic carbocycles. The predicted molar refractivity (Wildman–Crippen MR) is 87.5 cm³/mol. The fraction of sp³-hybridized carbons (Fsp3) is 0.200. The van der Waals surface area contributed by atoms with Gasteiger partial charge in [-0.15, -0.1) is 0 Å². The van der Waals surface area contributed by atoms with Crippen LogP contribution in [-0.4, -0.2) is 39.5 Å². The Kier molecular flexibility index (Phi) is 4.61. The van der Waals surface area contributed by atoms with Crippen molar-refractivity contribution < 1.29 is 25.6 Å². The minimum absolute atomic E-state index is 0.0377. The zero-order valence-electron chi connectivity index (χ0n) is 12.6. The lowest BCUT2D eigenvalue weighted by Crippen LogP contribution is -2.56. The van der Waals surface area contributed by atoms with E-state index in [1.54, 1.807) is 0 Å². The van der Waals surface area contributed by atoms with Gasteiger partial charge >= 0.3 is 0 Å². The first-order valence-corrected chi connectivity index (χ1v) is 10.4. The van der Waals surface area contributed by atoms with Crippen molar-refractivity contribution in [3.05, 3.63) is 59.1 Å². The number of sulfone groups is 1. The van der Waals surface area contributed by atoms with Gasteiger partial charge in [-0.25, -0.2) is 25.6 Å². The lowest BCUT2D eigenvalue weighted by Gasteiger charge is -2.37. The summed E-state index contributed by atoms with van der Waals surface area (Å²) in [6.07, 6.45) is 0. The molecule has 1 saturated heterocycles. The van der Waals surface area contributed by atoms with Gasteiger partial charge in [0, 0.05) is 24.2 Å². The third-order valence-electron chi connectivity index (χ3n) is 3.87. The molecular weight excluding hydrogens is 396 g/mol. The van der Waals surface area contributed by atoms with Crippen molar-refractivity contribution in [3.8, 4) is 0 Å². The summed E-state index contributed by atoms with van der Waals surface area (Å²) in [5.41, 5.74) is 0. The highest BCUT2D eigenvalue weighted by Crippen LogP contribution is 2.29. The maximum Gasteiger partial charge on any atom is 0.243 e. The standard InChI is InChI=1S/C15H12ClF2NO4S2/c16-10-1-3-13(4-2-10)24(20,21)15-8-19(9-15)25(22,23)14-6-11(17)5-12(18)7-14/h1-7,15H,8-9H2. The van der Waals surface area contributed by atoms with E-state index in [-0.39, 0.29) is 18.0 Å². The highest BCUT2D eigenvalue weighted by molar-refractivity contribution is 7.92. The number of hydrogen-bond acceptors (Lipinski definition) is 4. The van der Waals surface area contributed by atoms with Gasteiger partial charge in [0.1, 0.15) is 11.6 Å². The van der Waals surface area contributed by atoms with Crippen LogP contribution in [0.5, 0.6) is 0 Å². The van der Waals surface area contributed by atoms with E-state index in [9.17, 15) is 25.6 Å². The average molecular weight is 408 g/mol. The molecule has 1 aliphatic rings. The van der Waals surface area contributed by atoms with E-state index in [1.165, 1.54) is 24.3 Å². The minimum Gasteiger partial charge on any atom is -0.223 e. The molecule has 134 valence electrons. The molecule has 2 aromatic carbocycles. The highest BCUT2D eigenvalue weighted by atomic mass is 35.5. The van der Waals surface area contributed by atoms with Gasteiger partial charge in [0.15, 0.2) is 9.84 Å². The Morgan fingerprint density at radius 3 is 1.92 bits per heavy atom. The van der Waals surface area contributed by atoms with Crippen LogP contribution in [0.2, 0.25) is 5.02 Å². The summed E-state index contributed by atoms with van der Waals surface area (Å²) in [5.74, 6) is -2.05. The topological polar surface area (TPSA) is 71.5 Å². The fourth-order valence-corrected chi connectivity index (χ4v) is 5.98. The van der Waals surface area contributed by atoms with Crippen molar-refractivity contribution >= 4 is 31.5 Å². The van der Waals surface area contributed by atoms with Crippen molar-refractivity contribution in [1.29, 1.82) is 0 Å². The van der Waals surface area contributed by atoms with Crippen molar-refractivity contribution in [2.24, 2.45) is 0 Å². The molecule has 0 atom stereocenters. The quantitative estimate of drug-likeness (QED) is 0.780. The zero-order chi connectivity index (χ0) is 18.4. The number of rotatable bonds is 4. The second kappa shape index (κ2) is 6.31. The van der Waals surface area contributed by atoms with Gasteiger partial charge in [0.25, 0.3) is 0 Å².